The van der Waals surface area contributed by atoms with Crippen molar-refractivity contribution in [1.29, 1.82) is 0 Å². The van der Waals surface area contributed by atoms with Gasteiger partial charge in [-0.25, -0.2) is 4.98 Å². The highest BCUT2D eigenvalue weighted by Crippen LogP contribution is 2.33. The first-order chi connectivity index (χ1) is 11.2. The van der Waals surface area contributed by atoms with Crippen LogP contribution in [-0.4, -0.2) is 24.8 Å². The molecule has 0 N–H and O–H groups in total. The van der Waals surface area contributed by atoms with Gasteiger partial charge in [0.25, 0.3) is 5.78 Å². The van der Waals surface area contributed by atoms with Crippen LogP contribution in [0.3, 0.4) is 0 Å². The Bertz CT molecular complexity index is 978. The Hall–Kier alpha value is -2.50. The molecule has 2 aromatic carbocycles. The number of aromatic nitrogens is 5. The lowest BCUT2D eigenvalue weighted by Crippen LogP contribution is -1.99. The van der Waals surface area contributed by atoms with Crippen molar-refractivity contribution < 1.29 is 0 Å². The highest BCUT2D eigenvalue weighted by Gasteiger charge is 2.17. The van der Waals surface area contributed by atoms with Gasteiger partial charge >= 0.3 is 0 Å². The molecule has 4 rings (SSSR count). The van der Waals surface area contributed by atoms with Gasteiger partial charge in [-0.2, -0.15) is 9.61 Å². The first-order valence-electron chi connectivity index (χ1n) is 6.82. The van der Waals surface area contributed by atoms with Crippen molar-refractivity contribution in [2.45, 2.75) is 0 Å². The molecule has 23 heavy (non-hydrogen) atoms. The SMILES string of the molecule is Clc1cccc(Cl)c1-c1nnc2nc(-c3ccccc3)cnn12. The summed E-state index contributed by atoms with van der Waals surface area (Å²) in [6, 6.07) is 15.0. The smallest absolute Gasteiger partial charge is 0.208 e. The molecule has 2 heterocycles. The molecule has 0 spiro atoms. The Morgan fingerprint density at radius 3 is 2.30 bits per heavy atom. The second kappa shape index (κ2) is 5.61. The van der Waals surface area contributed by atoms with Crippen LogP contribution in [0.15, 0.2) is 54.7 Å². The lowest BCUT2D eigenvalue weighted by molar-refractivity contribution is 0.909. The molecule has 0 saturated heterocycles. The average Bonchev–Trinajstić information content (AvgIpc) is 2.99. The predicted molar refractivity (Wildman–Crippen MR) is 89.5 cm³/mol. The Morgan fingerprint density at radius 1 is 0.826 bits per heavy atom. The Labute approximate surface area is 141 Å². The van der Waals surface area contributed by atoms with E-state index in [-0.39, 0.29) is 0 Å². The van der Waals surface area contributed by atoms with E-state index >= 15 is 0 Å². The zero-order valence-corrected chi connectivity index (χ0v) is 13.2. The molecular formula is C16H9Cl2N5. The van der Waals surface area contributed by atoms with Crippen LogP contribution in [0.25, 0.3) is 28.4 Å². The molecule has 0 aliphatic heterocycles. The van der Waals surface area contributed by atoms with E-state index in [0.29, 0.717) is 27.2 Å². The molecule has 4 aromatic rings. The molecule has 0 atom stereocenters. The predicted octanol–water partition coefficient (Wildman–Crippen LogP) is 4.16. The number of benzene rings is 2. The van der Waals surface area contributed by atoms with E-state index in [1.807, 2.05) is 30.3 Å². The topological polar surface area (TPSA) is 56.0 Å². The Morgan fingerprint density at radius 2 is 1.57 bits per heavy atom. The van der Waals surface area contributed by atoms with E-state index in [2.05, 4.69) is 20.3 Å². The van der Waals surface area contributed by atoms with Crippen LogP contribution in [0.5, 0.6) is 0 Å². The van der Waals surface area contributed by atoms with Crippen molar-refractivity contribution in [3.8, 4) is 22.6 Å². The maximum Gasteiger partial charge on any atom is 0.272 e. The molecule has 2 aromatic heterocycles. The van der Waals surface area contributed by atoms with Crippen LogP contribution in [0.2, 0.25) is 10.0 Å². The normalized spacial score (nSPS) is 11.0. The molecule has 0 unspecified atom stereocenters. The maximum atomic E-state index is 6.23. The quantitative estimate of drug-likeness (QED) is 0.549. The average molecular weight is 342 g/mol. The van der Waals surface area contributed by atoms with Crippen molar-refractivity contribution in [3.05, 3.63) is 64.8 Å². The first kappa shape index (κ1) is 14.1. The summed E-state index contributed by atoms with van der Waals surface area (Å²) < 4.78 is 1.53. The van der Waals surface area contributed by atoms with Gasteiger partial charge in [-0.05, 0) is 12.1 Å². The minimum absolute atomic E-state index is 0.386. The monoisotopic (exact) mass is 341 g/mol. The Kier molecular flexibility index (Phi) is 3.44. The van der Waals surface area contributed by atoms with Gasteiger partial charge in [0.15, 0.2) is 5.82 Å². The third kappa shape index (κ3) is 2.44. The fourth-order valence-corrected chi connectivity index (χ4v) is 2.88. The van der Waals surface area contributed by atoms with Crippen molar-refractivity contribution in [1.82, 2.24) is 24.8 Å². The summed E-state index contributed by atoms with van der Waals surface area (Å²) >= 11 is 12.5. The number of hydrogen-bond donors (Lipinski definition) is 0. The van der Waals surface area contributed by atoms with Crippen molar-refractivity contribution in [2.75, 3.05) is 0 Å². The standard InChI is InChI=1S/C16H9Cl2N5/c17-11-7-4-8-12(18)14(11)15-21-22-16-20-13(9-19-23(15)16)10-5-2-1-3-6-10/h1-9H. The molecule has 0 saturated carbocycles. The van der Waals surface area contributed by atoms with E-state index in [0.717, 1.165) is 11.3 Å². The molecule has 112 valence electrons. The fraction of sp³-hybridized carbons (Fsp3) is 0. The van der Waals surface area contributed by atoms with Crippen molar-refractivity contribution >= 4 is 29.0 Å². The summed E-state index contributed by atoms with van der Waals surface area (Å²) in [5.74, 6) is 0.847. The number of rotatable bonds is 2. The summed E-state index contributed by atoms with van der Waals surface area (Å²) in [6.07, 6.45) is 1.67. The summed E-state index contributed by atoms with van der Waals surface area (Å²) in [5.41, 5.74) is 2.27. The van der Waals surface area contributed by atoms with E-state index in [1.54, 1.807) is 24.4 Å². The highest BCUT2D eigenvalue weighted by atomic mass is 35.5. The number of nitrogens with zero attached hydrogens (tertiary/aromatic N) is 5. The van der Waals surface area contributed by atoms with Gasteiger partial charge in [0.1, 0.15) is 0 Å². The van der Waals surface area contributed by atoms with Gasteiger partial charge < -0.3 is 0 Å². The molecule has 0 aliphatic rings. The lowest BCUT2D eigenvalue weighted by atomic mass is 10.2. The van der Waals surface area contributed by atoms with Crippen LogP contribution in [0.1, 0.15) is 0 Å². The zero-order valence-electron chi connectivity index (χ0n) is 11.7. The molecule has 0 radical (unpaired) electrons. The molecule has 0 fully saturated rings. The molecule has 7 heteroatoms. The second-order valence-corrected chi connectivity index (χ2v) is 5.65. The third-order valence-electron chi connectivity index (χ3n) is 3.40. The molecule has 5 nitrogen and oxygen atoms in total. The summed E-state index contributed by atoms with van der Waals surface area (Å²) in [5, 5.41) is 13.6. The van der Waals surface area contributed by atoms with Crippen LogP contribution in [0, 0.1) is 0 Å². The lowest BCUT2D eigenvalue weighted by Gasteiger charge is -2.04. The summed E-state index contributed by atoms with van der Waals surface area (Å²) in [7, 11) is 0. The van der Waals surface area contributed by atoms with E-state index in [1.165, 1.54) is 4.52 Å². The molecular weight excluding hydrogens is 333 g/mol. The highest BCUT2D eigenvalue weighted by molar-refractivity contribution is 6.39. The Balaban J connectivity index is 1.89. The van der Waals surface area contributed by atoms with E-state index in [4.69, 9.17) is 23.2 Å². The van der Waals surface area contributed by atoms with E-state index in [9.17, 15) is 0 Å². The van der Waals surface area contributed by atoms with E-state index < -0.39 is 0 Å². The zero-order chi connectivity index (χ0) is 15.8. The molecule has 0 amide bonds. The molecule has 0 aliphatic carbocycles. The number of hydrogen-bond acceptors (Lipinski definition) is 4. The van der Waals surface area contributed by atoms with Crippen molar-refractivity contribution in [2.24, 2.45) is 0 Å². The van der Waals surface area contributed by atoms with Crippen molar-refractivity contribution in [3.63, 3.8) is 0 Å². The van der Waals surface area contributed by atoms with Crippen LogP contribution < -0.4 is 0 Å². The summed E-state index contributed by atoms with van der Waals surface area (Å²) in [6.45, 7) is 0. The number of fused-ring (bicyclic) bond motifs is 1. The number of halogens is 2. The van der Waals surface area contributed by atoms with Crippen LogP contribution >= 0.6 is 23.2 Å². The van der Waals surface area contributed by atoms with Gasteiger partial charge in [-0.1, -0.05) is 59.6 Å². The summed E-state index contributed by atoms with van der Waals surface area (Å²) in [4.78, 5) is 4.49. The minimum Gasteiger partial charge on any atom is -0.208 e. The largest absolute Gasteiger partial charge is 0.272 e. The van der Waals surface area contributed by atoms with Crippen LogP contribution in [-0.2, 0) is 0 Å². The van der Waals surface area contributed by atoms with Gasteiger partial charge in [-0.3, -0.25) is 0 Å². The second-order valence-electron chi connectivity index (χ2n) is 4.84. The maximum absolute atomic E-state index is 6.23. The van der Waals surface area contributed by atoms with Gasteiger partial charge in [0, 0.05) is 5.56 Å². The minimum atomic E-state index is 0.386. The van der Waals surface area contributed by atoms with Gasteiger partial charge in [0.05, 0.1) is 27.5 Å². The molecule has 0 bridgehead atoms. The fourth-order valence-electron chi connectivity index (χ4n) is 2.31. The van der Waals surface area contributed by atoms with Crippen LogP contribution in [0.4, 0.5) is 0 Å². The van der Waals surface area contributed by atoms with Gasteiger partial charge in [0.2, 0.25) is 0 Å². The first-order valence-corrected chi connectivity index (χ1v) is 7.58. The van der Waals surface area contributed by atoms with Gasteiger partial charge in [-0.15, -0.1) is 10.2 Å². The third-order valence-corrected chi connectivity index (χ3v) is 4.03.